The summed E-state index contributed by atoms with van der Waals surface area (Å²) >= 11 is 0. The number of ether oxygens (including phenoxy) is 2. The zero-order chi connectivity index (χ0) is 50.9. The first kappa shape index (κ1) is 57.0. The molecular weight excluding hydrogens is 881 g/mol. The molecule has 0 radical (unpaired) electrons. The Morgan fingerprint density at radius 2 is 1.61 bits per heavy atom. The summed E-state index contributed by atoms with van der Waals surface area (Å²) in [5.41, 5.74) is 1.83. The highest BCUT2D eigenvalue weighted by Gasteiger charge is 2.44. The minimum atomic E-state index is -0.902. The molecule has 0 spiro atoms. The van der Waals surface area contributed by atoms with Gasteiger partial charge >= 0.3 is 0 Å². The second kappa shape index (κ2) is 27.7. The normalized spacial score (nSPS) is 18.9. The summed E-state index contributed by atoms with van der Waals surface area (Å²) in [6.07, 6.45) is 7.37. The third-order valence-electron chi connectivity index (χ3n) is 14.5. The van der Waals surface area contributed by atoms with E-state index in [2.05, 4.69) is 20.9 Å². The number of likely N-dealkylation sites (N-methyl/N-ethyl adjacent to an activating group) is 2. The molecule has 1 aromatic heterocycles. The standard InChI is InChI=1S/C52H86N8O9/c1-13-35(6)47(58(10)52(66)45(33(2)3)56-50(64)46(34(4)5)57(9)26-18-14-15-25-43(61)53-8)42(67-11)31-44(62)59-27-21-24-41(59)48(68-12)36(7)49(63)55-40(51(65)60-28-19-20-29-69-60)30-37-32-54-39-23-17-16-22-38(37)39/h16-17,22-23,32-36,40-42,45-48,54H,13-15,18-21,24-31H2,1-12H3,(H,53,61)(H,55,63)(H,56,64)/t35-,36+,40-,41-,42+,45-,46?,47?,48+/m0/s1. The largest absolute Gasteiger partial charge is 0.379 e. The smallest absolute Gasteiger partial charge is 0.269 e. The Labute approximate surface area is 411 Å². The van der Waals surface area contributed by atoms with Crippen molar-refractivity contribution in [1.29, 1.82) is 0 Å². The number of H-pyrrole nitrogens is 1. The van der Waals surface area contributed by atoms with Gasteiger partial charge in [0.1, 0.15) is 12.1 Å². The quantitative estimate of drug-likeness (QED) is 0.0879. The maximum absolute atomic E-state index is 14.6. The molecule has 69 heavy (non-hydrogen) atoms. The predicted octanol–water partition coefficient (Wildman–Crippen LogP) is 5.07. The highest BCUT2D eigenvalue weighted by Crippen LogP contribution is 2.30. The molecule has 0 bridgehead atoms. The van der Waals surface area contributed by atoms with Crippen LogP contribution < -0.4 is 16.0 Å². The molecule has 2 fully saturated rings. The van der Waals surface area contributed by atoms with Crippen LogP contribution in [0.5, 0.6) is 0 Å². The Balaban J connectivity index is 1.47. The monoisotopic (exact) mass is 967 g/mol. The van der Waals surface area contributed by atoms with Gasteiger partial charge in [0.25, 0.3) is 5.91 Å². The Kier molecular flexibility index (Phi) is 22.9. The number of benzene rings is 1. The molecule has 2 aliphatic rings. The van der Waals surface area contributed by atoms with Crippen molar-refractivity contribution in [3.05, 3.63) is 36.0 Å². The Morgan fingerprint density at radius 3 is 2.23 bits per heavy atom. The first-order chi connectivity index (χ1) is 32.9. The highest BCUT2D eigenvalue weighted by atomic mass is 16.7. The number of aromatic amines is 1. The molecular formula is C52H86N8O9. The number of unbranched alkanes of at least 4 members (excludes halogenated alkanes) is 2. The molecule has 6 amide bonds. The number of nitrogens with zero attached hydrogens (tertiary/aromatic N) is 4. The number of fused-ring (bicyclic) bond motifs is 1. The number of hydrogen-bond donors (Lipinski definition) is 4. The van der Waals surface area contributed by atoms with Gasteiger partial charge in [-0.15, -0.1) is 0 Å². The van der Waals surface area contributed by atoms with E-state index in [0.29, 0.717) is 51.9 Å². The van der Waals surface area contributed by atoms with E-state index >= 15 is 0 Å². The summed E-state index contributed by atoms with van der Waals surface area (Å²) < 4.78 is 12.2. The van der Waals surface area contributed by atoms with Gasteiger partial charge in [-0.05, 0) is 81.5 Å². The number of carbonyl (C=O) groups excluding carboxylic acids is 6. The van der Waals surface area contributed by atoms with Crippen LogP contribution in [0, 0.1) is 23.7 Å². The molecule has 1 aromatic carbocycles. The van der Waals surface area contributed by atoms with Crippen LogP contribution in [-0.4, -0.2) is 164 Å². The molecule has 4 rings (SSSR count). The van der Waals surface area contributed by atoms with Crippen LogP contribution in [0.2, 0.25) is 0 Å². The Bertz CT molecular complexity index is 1970. The van der Waals surface area contributed by atoms with Gasteiger partial charge < -0.3 is 40.2 Å². The molecule has 3 heterocycles. The van der Waals surface area contributed by atoms with Gasteiger partial charge in [-0.2, -0.15) is 0 Å². The molecule has 2 saturated heterocycles. The summed E-state index contributed by atoms with van der Waals surface area (Å²) in [6, 6.07) is 4.70. The van der Waals surface area contributed by atoms with Crippen LogP contribution in [0.3, 0.4) is 0 Å². The Morgan fingerprint density at radius 1 is 0.884 bits per heavy atom. The zero-order valence-corrected chi connectivity index (χ0v) is 43.8. The first-order valence-electron chi connectivity index (χ1n) is 25.5. The fourth-order valence-corrected chi connectivity index (χ4v) is 10.3. The van der Waals surface area contributed by atoms with E-state index in [1.807, 2.05) is 84.0 Å². The van der Waals surface area contributed by atoms with Gasteiger partial charge in [-0.3, -0.25) is 38.5 Å². The number of aromatic nitrogens is 1. The van der Waals surface area contributed by atoms with Crippen molar-refractivity contribution in [2.75, 3.05) is 61.6 Å². The number of nitrogens with one attached hydrogen (secondary N) is 4. The number of hydroxylamine groups is 2. The number of hydrogen-bond acceptors (Lipinski definition) is 10. The highest BCUT2D eigenvalue weighted by molar-refractivity contribution is 5.91. The summed E-state index contributed by atoms with van der Waals surface area (Å²) in [5, 5.41) is 11.2. The lowest BCUT2D eigenvalue weighted by atomic mass is 9.89. The first-order valence-corrected chi connectivity index (χ1v) is 25.5. The molecule has 2 aliphatic heterocycles. The maximum atomic E-state index is 14.6. The van der Waals surface area contributed by atoms with Crippen molar-refractivity contribution in [2.24, 2.45) is 23.7 Å². The van der Waals surface area contributed by atoms with Gasteiger partial charge in [-0.1, -0.05) is 79.5 Å². The second-order valence-corrected chi connectivity index (χ2v) is 20.1. The Hall–Kier alpha value is -4.58. The van der Waals surface area contributed by atoms with Crippen LogP contribution in [0.15, 0.2) is 30.5 Å². The number of carbonyl (C=O) groups is 6. The lowest BCUT2D eigenvalue weighted by Crippen LogP contribution is -2.60. The zero-order valence-electron chi connectivity index (χ0n) is 43.8. The molecule has 17 nitrogen and oxygen atoms in total. The van der Waals surface area contributed by atoms with E-state index in [4.69, 9.17) is 14.3 Å². The van der Waals surface area contributed by atoms with Crippen LogP contribution in [0.4, 0.5) is 0 Å². The van der Waals surface area contributed by atoms with Crippen molar-refractivity contribution in [3.8, 4) is 0 Å². The molecule has 17 heteroatoms. The number of para-hydroxylation sites is 1. The minimum absolute atomic E-state index is 0.0167. The fraction of sp³-hybridized carbons (Fsp3) is 0.731. The minimum Gasteiger partial charge on any atom is -0.379 e. The van der Waals surface area contributed by atoms with Gasteiger partial charge in [0.05, 0.1) is 49.3 Å². The second-order valence-electron chi connectivity index (χ2n) is 20.1. The molecule has 2 unspecified atom stereocenters. The molecule has 9 atom stereocenters. The summed E-state index contributed by atoms with van der Waals surface area (Å²) in [7, 11) is 8.40. The average Bonchev–Trinajstić information content (AvgIpc) is 4.00. The van der Waals surface area contributed by atoms with Crippen molar-refractivity contribution in [3.63, 3.8) is 0 Å². The van der Waals surface area contributed by atoms with E-state index in [1.54, 1.807) is 45.0 Å². The van der Waals surface area contributed by atoms with E-state index in [1.165, 1.54) is 5.06 Å². The predicted molar refractivity (Wildman–Crippen MR) is 268 cm³/mol. The maximum Gasteiger partial charge on any atom is 0.269 e. The van der Waals surface area contributed by atoms with Gasteiger partial charge in [0.15, 0.2) is 0 Å². The topological polar surface area (TPSA) is 195 Å². The molecule has 388 valence electrons. The summed E-state index contributed by atoms with van der Waals surface area (Å²) in [4.78, 5) is 97.7. The van der Waals surface area contributed by atoms with E-state index < -0.39 is 48.3 Å². The number of likely N-dealkylation sites (tertiary alicyclic amines) is 1. The lowest BCUT2D eigenvalue weighted by Gasteiger charge is -2.41. The fourth-order valence-electron chi connectivity index (χ4n) is 10.3. The van der Waals surface area contributed by atoms with E-state index in [0.717, 1.165) is 48.6 Å². The van der Waals surface area contributed by atoms with Crippen LogP contribution in [0.25, 0.3) is 10.9 Å². The van der Waals surface area contributed by atoms with Gasteiger partial charge in [0.2, 0.25) is 29.5 Å². The number of amides is 6. The summed E-state index contributed by atoms with van der Waals surface area (Å²) in [5.74, 6) is -2.39. The summed E-state index contributed by atoms with van der Waals surface area (Å²) in [6.45, 7) is 15.7. The lowest BCUT2D eigenvalue weighted by molar-refractivity contribution is -0.199. The van der Waals surface area contributed by atoms with E-state index in [9.17, 15) is 28.8 Å². The SMILES string of the molecule is CC[C@H](C)C([C@@H](CC(=O)N1CCC[C@H]1[C@H](OC)[C@@H](C)C(=O)N[C@@H](Cc1c[nH]c2ccccc12)C(=O)N1CCCCO1)OC)N(C)C(=O)[C@@H](NC(=O)C(C(C)C)N(C)CCCCCC(=O)NC)C(C)C. The molecule has 0 aliphatic carbocycles. The van der Waals surface area contributed by atoms with E-state index in [-0.39, 0.29) is 66.0 Å². The molecule has 2 aromatic rings. The molecule has 0 saturated carbocycles. The third-order valence-corrected chi connectivity index (χ3v) is 14.5. The third kappa shape index (κ3) is 15.2. The van der Waals surface area contributed by atoms with Crippen molar-refractivity contribution >= 4 is 46.3 Å². The molecule has 4 N–H and O–H groups in total. The van der Waals surface area contributed by atoms with Crippen molar-refractivity contribution < 1.29 is 43.1 Å². The van der Waals surface area contributed by atoms with Crippen LogP contribution >= 0.6 is 0 Å². The van der Waals surface area contributed by atoms with Crippen LogP contribution in [0.1, 0.15) is 118 Å². The number of rotatable bonds is 27. The van der Waals surface area contributed by atoms with Gasteiger partial charge in [0, 0.05) is 71.3 Å². The average molecular weight is 967 g/mol. The number of methoxy groups -OCH3 is 2. The van der Waals surface area contributed by atoms with Crippen molar-refractivity contribution in [2.45, 2.75) is 162 Å². The van der Waals surface area contributed by atoms with Crippen molar-refractivity contribution in [1.82, 2.24) is 40.7 Å². The van der Waals surface area contributed by atoms with Crippen LogP contribution in [-0.2, 0) is 49.5 Å². The van der Waals surface area contributed by atoms with Gasteiger partial charge in [-0.25, -0.2) is 5.06 Å².